The van der Waals surface area contributed by atoms with E-state index in [-0.39, 0.29) is 29.1 Å². The van der Waals surface area contributed by atoms with Gasteiger partial charge in [-0.25, -0.2) is 0 Å². The predicted octanol–water partition coefficient (Wildman–Crippen LogP) is 2.78. The number of aromatic nitrogens is 2. The summed E-state index contributed by atoms with van der Waals surface area (Å²) in [4.78, 5) is 27.6. The first-order valence-electron chi connectivity index (χ1n) is 8.38. The van der Waals surface area contributed by atoms with Crippen molar-refractivity contribution in [2.45, 2.75) is 57.7 Å². The van der Waals surface area contributed by atoms with Crippen LogP contribution in [0.3, 0.4) is 0 Å². The van der Waals surface area contributed by atoms with E-state index in [1.165, 1.54) is 6.26 Å². The fourth-order valence-electron chi connectivity index (χ4n) is 2.57. The van der Waals surface area contributed by atoms with Crippen molar-refractivity contribution in [3.63, 3.8) is 0 Å². The van der Waals surface area contributed by atoms with Crippen LogP contribution in [0.15, 0.2) is 28.2 Å². The predicted molar refractivity (Wildman–Crippen MR) is 93.1 cm³/mol. The molecule has 0 aliphatic heterocycles. The molecule has 1 N–H and O–H groups in total. The summed E-state index contributed by atoms with van der Waals surface area (Å²) in [6.07, 6.45) is 4.02. The zero-order valence-electron chi connectivity index (χ0n) is 14.6. The van der Waals surface area contributed by atoms with Gasteiger partial charge in [0.05, 0.1) is 6.26 Å². The number of nitrogens with one attached hydrogen (secondary N) is 1. The van der Waals surface area contributed by atoms with Gasteiger partial charge in [0.25, 0.3) is 11.8 Å². The molecular weight excluding hydrogens is 340 g/mol. The van der Waals surface area contributed by atoms with Gasteiger partial charge in [0.2, 0.25) is 0 Å². The van der Waals surface area contributed by atoms with E-state index in [1.807, 2.05) is 20.8 Å². The van der Waals surface area contributed by atoms with Crippen LogP contribution in [0.2, 0.25) is 0 Å². The van der Waals surface area contributed by atoms with Gasteiger partial charge < -0.3 is 14.6 Å². The molecule has 25 heavy (non-hydrogen) atoms. The Bertz CT molecular complexity index is 723. The van der Waals surface area contributed by atoms with E-state index in [0.717, 1.165) is 30.8 Å². The third kappa shape index (κ3) is 3.89. The van der Waals surface area contributed by atoms with E-state index < -0.39 is 6.04 Å². The zero-order valence-corrected chi connectivity index (χ0v) is 15.4. The number of carbonyl (C=O) groups is 2. The van der Waals surface area contributed by atoms with Crippen LogP contribution >= 0.6 is 11.5 Å². The van der Waals surface area contributed by atoms with Gasteiger partial charge in [-0.15, -0.1) is 5.10 Å². The molecule has 1 aliphatic carbocycles. The lowest BCUT2D eigenvalue weighted by molar-refractivity contribution is -0.128. The van der Waals surface area contributed by atoms with Crippen molar-refractivity contribution >= 4 is 23.3 Å². The average Bonchev–Trinajstić information content (AvgIpc) is 3.05. The molecule has 8 heteroatoms. The Labute approximate surface area is 150 Å². The maximum atomic E-state index is 13.1. The summed E-state index contributed by atoms with van der Waals surface area (Å²) in [5.41, 5.74) is -0.112. The molecule has 0 aromatic carbocycles. The van der Waals surface area contributed by atoms with Crippen molar-refractivity contribution in [1.29, 1.82) is 0 Å². The van der Waals surface area contributed by atoms with Crippen LogP contribution in [0.5, 0.6) is 0 Å². The van der Waals surface area contributed by atoms with Crippen LogP contribution in [0.1, 0.15) is 62.3 Å². The Balaban J connectivity index is 1.94. The van der Waals surface area contributed by atoms with E-state index in [2.05, 4.69) is 14.9 Å². The first-order valence-corrected chi connectivity index (χ1v) is 9.22. The van der Waals surface area contributed by atoms with Gasteiger partial charge in [-0.3, -0.25) is 9.59 Å². The molecule has 2 aromatic heterocycles. The highest BCUT2D eigenvalue weighted by Gasteiger charge is 2.44. The van der Waals surface area contributed by atoms with E-state index in [4.69, 9.17) is 4.42 Å². The van der Waals surface area contributed by atoms with Crippen LogP contribution in [0.25, 0.3) is 0 Å². The third-order valence-electron chi connectivity index (χ3n) is 4.44. The van der Waals surface area contributed by atoms with Crippen molar-refractivity contribution in [3.8, 4) is 0 Å². The molecule has 1 saturated carbocycles. The topological polar surface area (TPSA) is 88.3 Å². The Morgan fingerprint density at radius 2 is 2.24 bits per heavy atom. The SMILES string of the molecule is CCC(C)(C)NC(=O)C(c1ccco1)N(C(=O)c1csnn1)C1CC1. The highest BCUT2D eigenvalue weighted by atomic mass is 32.1. The minimum atomic E-state index is -0.817. The van der Waals surface area contributed by atoms with Crippen LogP contribution in [0, 0.1) is 0 Å². The van der Waals surface area contributed by atoms with Crippen LogP contribution in [-0.4, -0.2) is 37.9 Å². The molecule has 7 nitrogen and oxygen atoms in total. The first-order chi connectivity index (χ1) is 11.9. The van der Waals surface area contributed by atoms with Crippen LogP contribution < -0.4 is 5.32 Å². The Morgan fingerprint density at radius 3 is 2.76 bits per heavy atom. The number of hydrogen-bond acceptors (Lipinski definition) is 6. The highest BCUT2D eigenvalue weighted by Crippen LogP contribution is 2.36. The van der Waals surface area contributed by atoms with Crippen molar-refractivity contribution < 1.29 is 14.0 Å². The summed E-state index contributed by atoms with van der Waals surface area (Å²) >= 11 is 1.12. The summed E-state index contributed by atoms with van der Waals surface area (Å²) in [5, 5.41) is 8.51. The number of carbonyl (C=O) groups excluding carboxylic acids is 2. The lowest BCUT2D eigenvalue weighted by Gasteiger charge is -2.33. The Kier molecular flexibility index (Phi) is 4.89. The maximum Gasteiger partial charge on any atom is 0.276 e. The second kappa shape index (κ2) is 6.95. The lowest BCUT2D eigenvalue weighted by atomic mass is 10.0. The fourth-order valence-corrected chi connectivity index (χ4v) is 3.00. The summed E-state index contributed by atoms with van der Waals surface area (Å²) < 4.78 is 9.27. The molecule has 0 radical (unpaired) electrons. The van der Waals surface area contributed by atoms with Crippen molar-refractivity contribution in [3.05, 3.63) is 35.2 Å². The van der Waals surface area contributed by atoms with Crippen LogP contribution in [0.4, 0.5) is 0 Å². The number of nitrogens with zero attached hydrogens (tertiary/aromatic N) is 3. The zero-order chi connectivity index (χ0) is 18.0. The number of rotatable bonds is 7. The molecule has 1 unspecified atom stereocenters. The Morgan fingerprint density at radius 1 is 1.48 bits per heavy atom. The summed E-state index contributed by atoms with van der Waals surface area (Å²) in [5.74, 6) is -0.0832. The number of amides is 2. The van der Waals surface area contributed by atoms with Gasteiger partial charge in [0.1, 0.15) is 5.76 Å². The normalized spacial score (nSPS) is 15.6. The molecule has 3 rings (SSSR count). The van der Waals surface area contributed by atoms with E-state index in [1.54, 1.807) is 22.4 Å². The summed E-state index contributed by atoms with van der Waals surface area (Å²) in [6, 6.07) is 2.65. The first kappa shape index (κ1) is 17.6. The highest BCUT2D eigenvalue weighted by molar-refractivity contribution is 7.03. The van der Waals surface area contributed by atoms with Gasteiger partial charge in [0, 0.05) is 17.0 Å². The fraction of sp³-hybridized carbons (Fsp3) is 0.529. The lowest BCUT2D eigenvalue weighted by Crippen LogP contribution is -2.50. The van der Waals surface area contributed by atoms with E-state index >= 15 is 0 Å². The van der Waals surface area contributed by atoms with Gasteiger partial charge in [-0.2, -0.15) is 0 Å². The molecule has 1 aliphatic rings. The van der Waals surface area contributed by atoms with E-state index in [9.17, 15) is 9.59 Å². The standard InChI is InChI=1S/C17H22N4O3S/c1-4-17(2,3)18-15(22)14(13-6-5-9-24-13)21(11-7-8-11)16(23)12-10-25-20-19-12/h5-6,9-11,14H,4,7-8H2,1-3H3,(H,18,22). The minimum Gasteiger partial charge on any atom is -0.467 e. The monoisotopic (exact) mass is 362 g/mol. The van der Waals surface area contributed by atoms with Gasteiger partial charge in [-0.1, -0.05) is 11.4 Å². The molecule has 0 bridgehead atoms. The second-order valence-corrected chi connectivity index (χ2v) is 7.49. The minimum absolute atomic E-state index is 0.0137. The molecule has 1 atom stereocenters. The molecular formula is C17H22N4O3S. The molecule has 2 amide bonds. The molecule has 2 heterocycles. The second-order valence-electron chi connectivity index (χ2n) is 6.88. The number of furan rings is 1. The van der Waals surface area contributed by atoms with Crippen molar-refractivity contribution in [2.75, 3.05) is 0 Å². The van der Waals surface area contributed by atoms with Gasteiger partial charge in [-0.05, 0) is 56.8 Å². The average molecular weight is 362 g/mol. The van der Waals surface area contributed by atoms with Crippen molar-refractivity contribution in [2.24, 2.45) is 0 Å². The number of hydrogen-bond donors (Lipinski definition) is 1. The smallest absolute Gasteiger partial charge is 0.276 e. The summed E-state index contributed by atoms with van der Waals surface area (Å²) in [6.45, 7) is 5.92. The molecule has 0 saturated heterocycles. The maximum absolute atomic E-state index is 13.1. The summed E-state index contributed by atoms with van der Waals surface area (Å²) in [7, 11) is 0. The Hall–Kier alpha value is -2.22. The molecule has 134 valence electrons. The quantitative estimate of drug-likeness (QED) is 0.818. The van der Waals surface area contributed by atoms with Crippen LogP contribution in [-0.2, 0) is 4.79 Å². The molecule has 0 spiro atoms. The largest absolute Gasteiger partial charge is 0.467 e. The molecule has 2 aromatic rings. The van der Waals surface area contributed by atoms with Crippen molar-refractivity contribution in [1.82, 2.24) is 19.8 Å². The molecule has 1 fully saturated rings. The van der Waals surface area contributed by atoms with Gasteiger partial charge >= 0.3 is 0 Å². The van der Waals surface area contributed by atoms with Gasteiger partial charge in [0.15, 0.2) is 11.7 Å². The van der Waals surface area contributed by atoms with E-state index in [0.29, 0.717) is 5.76 Å². The third-order valence-corrected chi connectivity index (χ3v) is 4.94.